The molecule has 100 valence electrons. The zero-order valence-corrected chi connectivity index (χ0v) is 12.3. The summed E-state index contributed by atoms with van der Waals surface area (Å²) in [7, 11) is 0. The molecular weight excluding hydrogens is 252 g/mol. The first-order valence-corrected chi connectivity index (χ1v) is 7.65. The Hall–Kier alpha value is -1.16. The van der Waals surface area contributed by atoms with Gasteiger partial charge in [-0.1, -0.05) is 23.8 Å². The minimum Gasteiger partial charge on any atom is -0.271 e. The molecule has 0 spiro atoms. The SMILES string of the molecule is Cc1ccc(C(NN)c2cc3c(s2)CCC3)c(C)c1. The van der Waals surface area contributed by atoms with Crippen LogP contribution >= 0.6 is 11.3 Å². The average Bonchev–Trinajstić information content (AvgIpc) is 2.93. The Morgan fingerprint density at radius 3 is 2.74 bits per heavy atom. The van der Waals surface area contributed by atoms with E-state index in [1.54, 1.807) is 4.88 Å². The van der Waals surface area contributed by atoms with E-state index in [2.05, 4.69) is 43.5 Å². The molecule has 0 bridgehead atoms. The van der Waals surface area contributed by atoms with Crippen molar-refractivity contribution in [1.29, 1.82) is 0 Å². The zero-order valence-electron chi connectivity index (χ0n) is 11.5. The Bertz CT molecular complexity index is 579. The summed E-state index contributed by atoms with van der Waals surface area (Å²) in [5.74, 6) is 5.82. The van der Waals surface area contributed by atoms with Crippen molar-refractivity contribution in [3.8, 4) is 0 Å². The molecule has 1 aromatic heterocycles. The second-order valence-corrected chi connectivity index (χ2v) is 6.58. The van der Waals surface area contributed by atoms with E-state index in [0.717, 1.165) is 0 Å². The molecule has 1 atom stereocenters. The lowest BCUT2D eigenvalue weighted by Crippen LogP contribution is -2.28. The maximum absolute atomic E-state index is 5.82. The molecule has 1 aliphatic rings. The molecule has 2 aromatic rings. The van der Waals surface area contributed by atoms with E-state index in [0.29, 0.717) is 0 Å². The molecule has 1 aliphatic carbocycles. The monoisotopic (exact) mass is 272 g/mol. The molecule has 0 aliphatic heterocycles. The maximum atomic E-state index is 5.82. The standard InChI is InChI=1S/C16H20N2S/c1-10-6-7-13(11(2)8-10)16(18-17)15-9-12-4-3-5-14(12)19-15/h6-9,16,18H,3-5,17H2,1-2H3. The van der Waals surface area contributed by atoms with Gasteiger partial charge in [0.15, 0.2) is 0 Å². The zero-order chi connectivity index (χ0) is 13.4. The summed E-state index contributed by atoms with van der Waals surface area (Å²) in [4.78, 5) is 2.90. The Morgan fingerprint density at radius 1 is 1.21 bits per heavy atom. The highest BCUT2D eigenvalue weighted by molar-refractivity contribution is 7.12. The van der Waals surface area contributed by atoms with Crippen molar-refractivity contribution in [2.75, 3.05) is 0 Å². The van der Waals surface area contributed by atoms with Gasteiger partial charge in [-0.3, -0.25) is 5.84 Å². The number of benzene rings is 1. The van der Waals surface area contributed by atoms with E-state index in [1.807, 2.05) is 11.3 Å². The highest BCUT2D eigenvalue weighted by atomic mass is 32.1. The third-order valence-corrected chi connectivity index (χ3v) is 5.26. The Balaban J connectivity index is 1.99. The van der Waals surface area contributed by atoms with Gasteiger partial charge in [0, 0.05) is 9.75 Å². The van der Waals surface area contributed by atoms with E-state index < -0.39 is 0 Å². The number of hydrogen-bond acceptors (Lipinski definition) is 3. The summed E-state index contributed by atoms with van der Waals surface area (Å²) in [6, 6.07) is 9.04. The van der Waals surface area contributed by atoms with Crippen LogP contribution in [0.1, 0.15) is 44.5 Å². The molecule has 1 heterocycles. The van der Waals surface area contributed by atoms with Gasteiger partial charge in [0.05, 0.1) is 6.04 Å². The normalized spacial score (nSPS) is 15.5. The Labute approximate surface area is 118 Å². The highest BCUT2D eigenvalue weighted by Crippen LogP contribution is 2.36. The lowest BCUT2D eigenvalue weighted by molar-refractivity contribution is 0.642. The van der Waals surface area contributed by atoms with Gasteiger partial charge >= 0.3 is 0 Å². The van der Waals surface area contributed by atoms with E-state index in [1.165, 1.54) is 46.4 Å². The molecule has 2 nitrogen and oxygen atoms in total. The first-order chi connectivity index (χ1) is 9.19. The van der Waals surface area contributed by atoms with E-state index >= 15 is 0 Å². The molecule has 0 radical (unpaired) electrons. The van der Waals surface area contributed by atoms with Crippen LogP contribution in [0.15, 0.2) is 24.3 Å². The van der Waals surface area contributed by atoms with Gasteiger partial charge in [-0.25, -0.2) is 5.43 Å². The van der Waals surface area contributed by atoms with Gasteiger partial charge in [-0.05, 0) is 55.9 Å². The fourth-order valence-corrected chi connectivity index (χ4v) is 4.31. The molecule has 3 N–H and O–H groups in total. The fourth-order valence-electron chi connectivity index (χ4n) is 2.97. The van der Waals surface area contributed by atoms with Crippen LogP contribution in [0.25, 0.3) is 0 Å². The van der Waals surface area contributed by atoms with E-state index in [4.69, 9.17) is 5.84 Å². The van der Waals surface area contributed by atoms with E-state index in [-0.39, 0.29) is 6.04 Å². The van der Waals surface area contributed by atoms with Crippen molar-refractivity contribution in [1.82, 2.24) is 5.43 Å². The van der Waals surface area contributed by atoms with Crippen LogP contribution in [-0.4, -0.2) is 0 Å². The van der Waals surface area contributed by atoms with Crippen LogP contribution in [0, 0.1) is 13.8 Å². The molecule has 0 saturated carbocycles. The number of nitrogens with one attached hydrogen (secondary N) is 1. The van der Waals surface area contributed by atoms with Crippen LogP contribution in [0.4, 0.5) is 0 Å². The minimum absolute atomic E-state index is 0.121. The predicted octanol–water partition coefficient (Wildman–Crippen LogP) is 3.41. The third-order valence-electron chi connectivity index (χ3n) is 3.95. The fraction of sp³-hybridized carbons (Fsp3) is 0.375. The molecule has 19 heavy (non-hydrogen) atoms. The molecule has 1 unspecified atom stereocenters. The van der Waals surface area contributed by atoms with Gasteiger partial charge < -0.3 is 0 Å². The van der Waals surface area contributed by atoms with Crippen LogP contribution in [0.3, 0.4) is 0 Å². The van der Waals surface area contributed by atoms with Crippen LogP contribution in [0.5, 0.6) is 0 Å². The third kappa shape index (κ3) is 2.34. The summed E-state index contributed by atoms with van der Waals surface area (Å²) in [5.41, 5.74) is 8.41. The first-order valence-electron chi connectivity index (χ1n) is 6.84. The van der Waals surface area contributed by atoms with Gasteiger partial charge in [0.1, 0.15) is 0 Å². The second-order valence-electron chi connectivity index (χ2n) is 5.41. The number of hydrazine groups is 1. The lowest BCUT2D eigenvalue weighted by atomic mass is 9.98. The maximum Gasteiger partial charge on any atom is 0.0805 e. The van der Waals surface area contributed by atoms with Crippen molar-refractivity contribution < 1.29 is 0 Å². The highest BCUT2D eigenvalue weighted by Gasteiger charge is 2.21. The first kappa shape index (κ1) is 12.9. The van der Waals surface area contributed by atoms with Crippen LogP contribution in [0.2, 0.25) is 0 Å². The minimum atomic E-state index is 0.121. The summed E-state index contributed by atoms with van der Waals surface area (Å²) in [5, 5.41) is 0. The topological polar surface area (TPSA) is 38.0 Å². The Morgan fingerprint density at radius 2 is 2.05 bits per heavy atom. The Kier molecular flexibility index (Phi) is 3.44. The average molecular weight is 272 g/mol. The van der Waals surface area contributed by atoms with Crippen LogP contribution in [-0.2, 0) is 12.8 Å². The van der Waals surface area contributed by atoms with Crippen molar-refractivity contribution in [2.45, 2.75) is 39.2 Å². The largest absolute Gasteiger partial charge is 0.271 e. The van der Waals surface area contributed by atoms with Crippen molar-refractivity contribution in [2.24, 2.45) is 5.84 Å². The number of hydrogen-bond donors (Lipinski definition) is 2. The van der Waals surface area contributed by atoms with Gasteiger partial charge in [0.25, 0.3) is 0 Å². The van der Waals surface area contributed by atoms with Crippen LogP contribution < -0.4 is 11.3 Å². The van der Waals surface area contributed by atoms with Crippen molar-refractivity contribution >= 4 is 11.3 Å². The number of nitrogens with two attached hydrogens (primary N) is 1. The summed E-state index contributed by atoms with van der Waals surface area (Å²) < 4.78 is 0. The lowest BCUT2D eigenvalue weighted by Gasteiger charge is -2.18. The van der Waals surface area contributed by atoms with E-state index in [9.17, 15) is 0 Å². The molecule has 3 heteroatoms. The van der Waals surface area contributed by atoms with Gasteiger partial charge in [-0.15, -0.1) is 11.3 Å². The summed E-state index contributed by atoms with van der Waals surface area (Å²) >= 11 is 1.92. The molecule has 0 fully saturated rings. The molecule has 0 amide bonds. The second kappa shape index (κ2) is 5.08. The smallest absolute Gasteiger partial charge is 0.0805 e. The van der Waals surface area contributed by atoms with Crippen molar-refractivity contribution in [3.63, 3.8) is 0 Å². The quantitative estimate of drug-likeness (QED) is 0.664. The number of thiophene rings is 1. The predicted molar refractivity (Wildman–Crippen MR) is 81.4 cm³/mol. The number of fused-ring (bicyclic) bond motifs is 1. The summed E-state index contributed by atoms with van der Waals surface area (Å²) in [6.07, 6.45) is 3.78. The molecule has 1 aromatic carbocycles. The molecule has 0 saturated heterocycles. The molecular formula is C16H20N2S. The summed E-state index contributed by atoms with van der Waals surface area (Å²) in [6.45, 7) is 4.29. The molecule has 3 rings (SSSR count). The van der Waals surface area contributed by atoms with Crippen molar-refractivity contribution in [3.05, 3.63) is 56.3 Å². The number of aryl methyl sites for hydroxylation is 4. The van der Waals surface area contributed by atoms with Gasteiger partial charge in [0.2, 0.25) is 0 Å². The number of rotatable bonds is 3. The van der Waals surface area contributed by atoms with Gasteiger partial charge in [-0.2, -0.15) is 0 Å².